The van der Waals surface area contributed by atoms with E-state index in [1.807, 2.05) is 18.4 Å². The molecule has 90 valence electrons. The summed E-state index contributed by atoms with van der Waals surface area (Å²) in [6.45, 7) is 2.20. The van der Waals surface area contributed by atoms with Gasteiger partial charge in [0.1, 0.15) is 0 Å². The molecular weight excluding hydrogens is 294 g/mol. The molecule has 17 heavy (non-hydrogen) atoms. The molecule has 1 nitrogen and oxygen atoms in total. The number of nitrogens with one attached hydrogen (secondary N) is 1. The standard InChI is InChI=1S/C14H16BrNS/c1-3-12-7-8-13(17-12)14(16-2)10-5-4-6-11(15)9-10/h4-9,14,16H,3H2,1-2H3. The Kier molecular flexibility index (Phi) is 4.37. The summed E-state index contributed by atoms with van der Waals surface area (Å²) in [5.41, 5.74) is 1.30. The molecular formula is C14H16BrNS. The van der Waals surface area contributed by atoms with Gasteiger partial charge in [-0.3, -0.25) is 0 Å². The molecule has 1 N–H and O–H groups in total. The van der Waals surface area contributed by atoms with Gasteiger partial charge in [-0.1, -0.05) is 35.0 Å². The number of thiophene rings is 1. The highest BCUT2D eigenvalue weighted by Gasteiger charge is 2.14. The van der Waals surface area contributed by atoms with Crippen molar-refractivity contribution >= 4 is 27.3 Å². The molecule has 1 atom stereocenters. The van der Waals surface area contributed by atoms with Crippen molar-refractivity contribution in [2.75, 3.05) is 7.05 Å². The van der Waals surface area contributed by atoms with Crippen LogP contribution in [0, 0.1) is 0 Å². The number of rotatable bonds is 4. The maximum atomic E-state index is 3.53. The van der Waals surface area contributed by atoms with Gasteiger partial charge in [0.2, 0.25) is 0 Å². The minimum Gasteiger partial charge on any atom is -0.309 e. The number of halogens is 1. The summed E-state index contributed by atoms with van der Waals surface area (Å²) in [5.74, 6) is 0. The first-order valence-electron chi connectivity index (χ1n) is 5.76. The lowest BCUT2D eigenvalue weighted by molar-refractivity contribution is 0.703. The zero-order chi connectivity index (χ0) is 12.3. The summed E-state index contributed by atoms with van der Waals surface area (Å²) >= 11 is 5.42. The first kappa shape index (κ1) is 12.8. The third kappa shape index (κ3) is 2.97. The van der Waals surface area contributed by atoms with Crippen molar-refractivity contribution in [1.29, 1.82) is 0 Å². The second kappa shape index (κ2) is 5.80. The molecule has 1 unspecified atom stereocenters. The number of benzene rings is 1. The van der Waals surface area contributed by atoms with Crippen LogP contribution in [-0.2, 0) is 6.42 Å². The van der Waals surface area contributed by atoms with Crippen LogP contribution in [0.5, 0.6) is 0 Å². The first-order valence-corrected chi connectivity index (χ1v) is 7.37. The molecule has 1 aromatic heterocycles. The Morgan fingerprint density at radius 2 is 2.12 bits per heavy atom. The third-order valence-corrected chi connectivity index (χ3v) is 4.57. The summed E-state index contributed by atoms with van der Waals surface area (Å²) in [5, 5.41) is 3.39. The third-order valence-electron chi connectivity index (χ3n) is 2.79. The van der Waals surface area contributed by atoms with Crippen LogP contribution in [0.25, 0.3) is 0 Å². The van der Waals surface area contributed by atoms with E-state index in [-0.39, 0.29) is 6.04 Å². The van der Waals surface area contributed by atoms with E-state index in [0.717, 1.165) is 10.9 Å². The molecule has 0 aliphatic rings. The van der Waals surface area contributed by atoms with Crippen LogP contribution in [0.4, 0.5) is 0 Å². The van der Waals surface area contributed by atoms with Crippen LogP contribution in [0.3, 0.4) is 0 Å². The molecule has 0 aliphatic heterocycles. The molecule has 3 heteroatoms. The molecule has 1 heterocycles. The Morgan fingerprint density at radius 3 is 2.71 bits per heavy atom. The fourth-order valence-electron chi connectivity index (χ4n) is 1.90. The van der Waals surface area contributed by atoms with E-state index in [9.17, 15) is 0 Å². The predicted molar refractivity (Wildman–Crippen MR) is 78.7 cm³/mol. The van der Waals surface area contributed by atoms with Gasteiger partial charge in [0.25, 0.3) is 0 Å². The molecule has 0 saturated carbocycles. The zero-order valence-corrected chi connectivity index (χ0v) is 12.4. The molecule has 0 amide bonds. The van der Waals surface area contributed by atoms with Crippen LogP contribution in [0.1, 0.15) is 28.3 Å². The van der Waals surface area contributed by atoms with E-state index in [4.69, 9.17) is 0 Å². The lowest BCUT2D eigenvalue weighted by atomic mass is 10.1. The molecule has 0 aliphatic carbocycles. The number of aryl methyl sites for hydroxylation is 1. The largest absolute Gasteiger partial charge is 0.309 e. The van der Waals surface area contributed by atoms with E-state index < -0.39 is 0 Å². The Morgan fingerprint density at radius 1 is 1.29 bits per heavy atom. The highest BCUT2D eigenvalue weighted by atomic mass is 79.9. The van der Waals surface area contributed by atoms with Crippen LogP contribution in [0.15, 0.2) is 40.9 Å². The Balaban J connectivity index is 2.33. The second-order valence-electron chi connectivity index (χ2n) is 3.93. The fourth-order valence-corrected chi connectivity index (χ4v) is 3.41. The van der Waals surface area contributed by atoms with Gasteiger partial charge in [0.05, 0.1) is 6.04 Å². The molecule has 0 spiro atoms. The monoisotopic (exact) mass is 309 g/mol. The van der Waals surface area contributed by atoms with Crippen molar-refractivity contribution in [3.8, 4) is 0 Å². The summed E-state index contributed by atoms with van der Waals surface area (Å²) in [6, 6.07) is 13.2. The molecule has 1 aromatic carbocycles. The van der Waals surface area contributed by atoms with Crippen molar-refractivity contribution in [3.05, 3.63) is 56.2 Å². The second-order valence-corrected chi connectivity index (χ2v) is 6.05. The van der Waals surface area contributed by atoms with Gasteiger partial charge in [-0.2, -0.15) is 0 Å². The van der Waals surface area contributed by atoms with Crippen LogP contribution in [-0.4, -0.2) is 7.05 Å². The summed E-state index contributed by atoms with van der Waals surface area (Å²) < 4.78 is 1.13. The van der Waals surface area contributed by atoms with Gasteiger partial charge in [0.15, 0.2) is 0 Å². The molecule has 0 fully saturated rings. The number of hydrogen-bond donors (Lipinski definition) is 1. The number of hydrogen-bond acceptors (Lipinski definition) is 2. The van der Waals surface area contributed by atoms with Gasteiger partial charge < -0.3 is 5.32 Å². The lowest BCUT2D eigenvalue weighted by Gasteiger charge is -2.15. The lowest BCUT2D eigenvalue weighted by Crippen LogP contribution is -2.16. The summed E-state index contributed by atoms with van der Waals surface area (Å²) in [4.78, 5) is 2.82. The Bertz CT molecular complexity index is 492. The van der Waals surface area contributed by atoms with Gasteiger partial charge in [-0.25, -0.2) is 0 Å². The smallest absolute Gasteiger partial charge is 0.0669 e. The van der Waals surface area contributed by atoms with E-state index in [2.05, 4.69) is 64.6 Å². The van der Waals surface area contributed by atoms with Crippen molar-refractivity contribution in [2.45, 2.75) is 19.4 Å². The van der Waals surface area contributed by atoms with Crippen molar-refractivity contribution < 1.29 is 0 Å². The minimum atomic E-state index is 0.290. The van der Waals surface area contributed by atoms with E-state index in [1.54, 1.807) is 0 Å². The Hall–Kier alpha value is -0.640. The van der Waals surface area contributed by atoms with Crippen LogP contribution in [0.2, 0.25) is 0 Å². The Labute approximate surface area is 115 Å². The highest BCUT2D eigenvalue weighted by molar-refractivity contribution is 9.10. The highest BCUT2D eigenvalue weighted by Crippen LogP contribution is 2.29. The summed E-state index contributed by atoms with van der Waals surface area (Å²) in [6.07, 6.45) is 1.11. The van der Waals surface area contributed by atoms with Gasteiger partial charge >= 0.3 is 0 Å². The molecule has 0 bridgehead atoms. The normalized spacial score (nSPS) is 12.6. The van der Waals surface area contributed by atoms with Gasteiger partial charge in [-0.15, -0.1) is 11.3 Å². The summed E-state index contributed by atoms with van der Waals surface area (Å²) in [7, 11) is 2.01. The molecule has 0 saturated heterocycles. The van der Waals surface area contributed by atoms with Gasteiger partial charge in [0, 0.05) is 14.2 Å². The quantitative estimate of drug-likeness (QED) is 0.883. The average Bonchev–Trinajstić information content (AvgIpc) is 2.79. The maximum absolute atomic E-state index is 3.53. The predicted octanol–water partition coefficient (Wildman–Crippen LogP) is 4.38. The fraction of sp³-hybridized carbons (Fsp3) is 0.286. The molecule has 0 radical (unpaired) electrons. The van der Waals surface area contributed by atoms with E-state index in [0.29, 0.717) is 0 Å². The van der Waals surface area contributed by atoms with Crippen molar-refractivity contribution in [3.63, 3.8) is 0 Å². The van der Waals surface area contributed by atoms with Gasteiger partial charge in [-0.05, 0) is 43.3 Å². The van der Waals surface area contributed by atoms with E-state index in [1.165, 1.54) is 15.3 Å². The average molecular weight is 310 g/mol. The SMILES string of the molecule is CCc1ccc(C(NC)c2cccc(Br)c2)s1. The maximum Gasteiger partial charge on any atom is 0.0669 e. The molecule has 2 aromatic rings. The minimum absolute atomic E-state index is 0.290. The zero-order valence-electron chi connectivity index (χ0n) is 10.0. The van der Waals surface area contributed by atoms with E-state index >= 15 is 0 Å². The molecule has 2 rings (SSSR count). The van der Waals surface area contributed by atoms with Crippen LogP contribution >= 0.6 is 27.3 Å². The van der Waals surface area contributed by atoms with Crippen molar-refractivity contribution in [1.82, 2.24) is 5.32 Å². The van der Waals surface area contributed by atoms with Crippen LogP contribution < -0.4 is 5.32 Å². The topological polar surface area (TPSA) is 12.0 Å². The van der Waals surface area contributed by atoms with Crippen molar-refractivity contribution in [2.24, 2.45) is 0 Å². The first-order chi connectivity index (χ1) is 8.24.